The molecule has 1 atom stereocenters. The summed E-state index contributed by atoms with van der Waals surface area (Å²) in [4.78, 5) is 17.5. The first-order valence-corrected chi connectivity index (χ1v) is 10.9. The van der Waals surface area contributed by atoms with Gasteiger partial charge in [-0.05, 0) is 79.5 Å². The van der Waals surface area contributed by atoms with Gasteiger partial charge in [-0.3, -0.25) is 9.78 Å². The van der Waals surface area contributed by atoms with Gasteiger partial charge >= 0.3 is 0 Å². The van der Waals surface area contributed by atoms with Crippen molar-refractivity contribution in [2.24, 2.45) is 11.8 Å². The van der Waals surface area contributed by atoms with Crippen molar-refractivity contribution < 1.29 is 4.79 Å². The van der Waals surface area contributed by atoms with Gasteiger partial charge in [-0.25, -0.2) is 0 Å². The summed E-state index contributed by atoms with van der Waals surface area (Å²) in [6.07, 6.45) is 12.1. The molecule has 1 fully saturated rings. The maximum absolute atomic E-state index is 13.0. The summed E-state index contributed by atoms with van der Waals surface area (Å²) in [7, 11) is 0. The predicted molar refractivity (Wildman–Crippen MR) is 123 cm³/mol. The van der Waals surface area contributed by atoms with Gasteiger partial charge in [0.1, 0.15) is 0 Å². The Kier molecular flexibility index (Phi) is 6.35. The van der Waals surface area contributed by atoms with Crippen molar-refractivity contribution in [1.29, 1.82) is 0 Å². The molecule has 1 aromatic heterocycles. The molecule has 1 heterocycles. The number of para-hydroxylation sites is 1. The van der Waals surface area contributed by atoms with Crippen molar-refractivity contribution >= 4 is 34.1 Å². The Bertz CT molecular complexity index is 1060. The molecule has 1 amide bonds. The van der Waals surface area contributed by atoms with E-state index in [1.807, 2.05) is 24.4 Å². The van der Waals surface area contributed by atoms with Gasteiger partial charge in [-0.2, -0.15) is 0 Å². The molecule has 4 rings (SSSR count). The third-order valence-electron chi connectivity index (χ3n) is 6.25. The zero-order valence-electron chi connectivity index (χ0n) is 16.9. The van der Waals surface area contributed by atoms with Crippen molar-refractivity contribution in [1.82, 2.24) is 4.98 Å². The van der Waals surface area contributed by atoms with Crippen LogP contribution in [0.4, 0.5) is 5.69 Å². The summed E-state index contributed by atoms with van der Waals surface area (Å²) in [5.74, 6) is 3.36. The molecule has 3 aromatic rings. The van der Waals surface area contributed by atoms with E-state index in [1.165, 1.54) is 10.9 Å². The second kappa shape index (κ2) is 9.32. The molecule has 0 spiro atoms. The summed E-state index contributed by atoms with van der Waals surface area (Å²) in [5.41, 5.74) is 3.17. The van der Waals surface area contributed by atoms with Gasteiger partial charge < -0.3 is 5.32 Å². The Morgan fingerprint density at radius 1 is 1.10 bits per heavy atom. The van der Waals surface area contributed by atoms with E-state index in [-0.39, 0.29) is 11.8 Å². The van der Waals surface area contributed by atoms with Gasteiger partial charge in [-0.1, -0.05) is 29.8 Å². The lowest BCUT2D eigenvalue weighted by molar-refractivity contribution is -0.121. The average molecular weight is 417 g/mol. The topological polar surface area (TPSA) is 42.0 Å². The Labute approximate surface area is 182 Å². The summed E-state index contributed by atoms with van der Waals surface area (Å²) >= 11 is 5.94. The van der Waals surface area contributed by atoms with Crippen LogP contribution >= 0.6 is 11.6 Å². The van der Waals surface area contributed by atoms with Crippen molar-refractivity contribution in [2.75, 3.05) is 5.32 Å². The standard InChI is InChI=1S/C26H25ClN2O/c1-2-5-23(26(30)29-21-14-12-20(27)13-15-21)19-10-8-18(9-11-19)22-16-17-28-25-7-4-3-6-24(22)25/h1,3-4,6-7,12-19,23H,5,8-11H2,(H,29,30)/t18-,19+,23?. The van der Waals surface area contributed by atoms with Crippen LogP contribution in [0, 0.1) is 24.2 Å². The van der Waals surface area contributed by atoms with Crippen LogP contribution in [-0.2, 0) is 4.79 Å². The molecule has 0 saturated heterocycles. The number of hydrogen-bond donors (Lipinski definition) is 1. The van der Waals surface area contributed by atoms with Crippen LogP contribution in [0.5, 0.6) is 0 Å². The molecule has 1 aliphatic rings. The van der Waals surface area contributed by atoms with Gasteiger partial charge in [0.05, 0.1) is 11.4 Å². The fraction of sp³-hybridized carbons (Fsp3) is 0.308. The third kappa shape index (κ3) is 4.50. The van der Waals surface area contributed by atoms with Crippen LogP contribution in [0.1, 0.15) is 43.6 Å². The number of hydrogen-bond acceptors (Lipinski definition) is 2. The molecule has 2 aromatic carbocycles. The quantitative estimate of drug-likeness (QED) is 0.486. The van der Waals surface area contributed by atoms with Crippen LogP contribution in [0.15, 0.2) is 60.8 Å². The van der Waals surface area contributed by atoms with Gasteiger partial charge in [0, 0.05) is 28.7 Å². The van der Waals surface area contributed by atoms with Crippen molar-refractivity contribution in [3.63, 3.8) is 0 Å². The molecule has 3 nitrogen and oxygen atoms in total. The van der Waals surface area contributed by atoms with Crippen LogP contribution < -0.4 is 5.32 Å². The normalized spacial score (nSPS) is 19.7. The van der Waals surface area contributed by atoms with E-state index in [2.05, 4.69) is 40.5 Å². The lowest BCUT2D eigenvalue weighted by Crippen LogP contribution is -2.31. The molecule has 30 heavy (non-hydrogen) atoms. The summed E-state index contributed by atoms with van der Waals surface area (Å²) in [6, 6.07) is 17.7. The average Bonchev–Trinajstić information content (AvgIpc) is 2.79. The van der Waals surface area contributed by atoms with Crippen LogP contribution in [0.3, 0.4) is 0 Å². The summed E-state index contributed by atoms with van der Waals surface area (Å²) < 4.78 is 0. The minimum absolute atomic E-state index is 0.00748. The number of carbonyl (C=O) groups excluding carboxylic acids is 1. The predicted octanol–water partition coefficient (Wildman–Crippen LogP) is 6.44. The Hall–Kier alpha value is -2.83. The van der Waals surface area contributed by atoms with E-state index in [1.54, 1.807) is 12.1 Å². The van der Waals surface area contributed by atoms with Crippen molar-refractivity contribution in [3.05, 3.63) is 71.4 Å². The van der Waals surface area contributed by atoms with Gasteiger partial charge in [0.25, 0.3) is 0 Å². The maximum Gasteiger partial charge on any atom is 0.228 e. The highest BCUT2D eigenvalue weighted by Crippen LogP contribution is 2.41. The number of anilines is 1. The molecule has 0 aliphatic heterocycles. The zero-order valence-corrected chi connectivity index (χ0v) is 17.6. The second-order valence-electron chi connectivity index (χ2n) is 8.04. The highest BCUT2D eigenvalue weighted by molar-refractivity contribution is 6.30. The van der Waals surface area contributed by atoms with Crippen LogP contribution in [0.2, 0.25) is 5.02 Å². The Morgan fingerprint density at radius 2 is 1.83 bits per heavy atom. The lowest BCUT2D eigenvalue weighted by Gasteiger charge is -2.33. The molecule has 152 valence electrons. The number of rotatable bonds is 5. The smallest absolute Gasteiger partial charge is 0.228 e. The summed E-state index contributed by atoms with van der Waals surface area (Å²) in [6.45, 7) is 0. The highest BCUT2D eigenvalue weighted by atomic mass is 35.5. The van der Waals surface area contributed by atoms with E-state index < -0.39 is 0 Å². The first-order valence-electron chi connectivity index (χ1n) is 10.5. The highest BCUT2D eigenvalue weighted by Gasteiger charge is 2.32. The van der Waals surface area contributed by atoms with Crippen LogP contribution in [-0.4, -0.2) is 10.9 Å². The number of halogens is 1. The summed E-state index contributed by atoms with van der Waals surface area (Å²) in [5, 5.41) is 4.91. The van der Waals surface area contributed by atoms with E-state index in [4.69, 9.17) is 18.0 Å². The molecule has 1 unspecified atom stereocenters. The van der Waals surface area contributed by atoms with E-state index >= 15 is 0 Å². The fourth-order valence-corrected chi connectivity index (χ4v) is 4.80. The van der Waals surface area contributed by atoms with Gasteiger partial charge in [0.2, 0.25) is 5.91 Å². The molecular weight excluding hydrogens is 392 g/mol. The monoisotopic (exact) mass is 416 g/mol. The number of nitrogens with zero attached hydrogens (tertiary/aromatic N) is 1. The van der Waals surface area contributed by atoms with E-state index in [0.29, 0.717) is 23.3 Å². The number of nitrogens with one attached hydrogen (secondary N) is 1. The van der Waals surface area contributed by atoms with Crippen molar-refractivity contribution in [2.45, 2.75) is 38.0 Å². The SMILES string of the molecule is C#CCC(C(=O)Nc1ccc(Cl)cc1)[C@H]1CC[C@@H](c2ccnc3ccccc32)CC1. The second-order valence-corrected chi connectivity index (χ2v) is 8.48. The molecular formula is C26H25ClN2O. The number of pyridine rings is 1. The number of fused-ring (bicyclic) bond motifs is 1. The number of terminal acetylenes is 1. The molecule has 0 radical (unpaired) electrons. The Balaban J connectivity index is 1.44. The van der Waals surface area contributed by atoms with Crippen LogP contribution in [0.25, 0.3) is 10.9 Å². The van der Waals surface area contributed by atoms with E-state index in [0.717, 1.165) is 36.9 Å². The van der Waals surface area contributed by atoms with Gasteiger partial charge in [-0.15, -0.1) is 12.3 Å². The largest absolute Gasteiger partial charge is 0.326 e. The molecule has 4 heteroatoms. The third-order valence-corrected chi connectivity index (χ3v) is 6.50. The zero-order chi connectivity index (χ0) is 20.9. The number of carbonyl (C=O) groups is 1. The van der Waals surface area contributed by atoms with Gasteiger partial charge in [0.15, 0.2) is 0 Å². The number of aromatic nitrogens is 1. The molecule has 1 N–H and O–H groups in total. The first-order chi connectivity index (χ1) is 14.7. The minimum Gasteiger partial charge on any atom is -0.326 e. The van der Waals surface area contributed by atoms with E-state index in [9.17, 15) is 4.79 Å². The van der Waals surface area contributed by atoms with Crippen molar-refractivity contribution in [3.8, 4) is 12.3 Å². The fourth-order valence-electron chi connectivity index (χ4n) is 4.68. The Morgan fingerprint density at radius 3 is 2.57 bits per heavy atom. The molecule has 0 bridgehead atoms. The molecule has 1 saturated carbocycles. The number of benzene rings is 2. The first kappa shape index (κ1) is 20.4. The minimum atomic E-state index is -0.166. The number of amides is 1. The molecule has 1 aliphatic carbocycles. The maximum atomic E-state index is 13.0. The lowest BCUT2D eigenvalue weighted by atomic mass is 9.72.